The molecule has 3 aromatic carbocycles. The normalized spacial score (nSPS) is 11.1. The monoisotopic (exact) mass is 315 g/mol. The van der Waals surface area contributed by atoms with Crippen LogP contribution in [0.25, 0.3) is 0 Å². The Hall–Kier alpha value is -2.42. The van der Waals surface area contributed by atoms with E-state index in [1.54, 1.807) is 12.7 Å². The lowest BCUT2D eigenvalue weighted by Crippen LogP contribution is -2.68. The first-order valence-corrected chi connectivity index (χ1v) is 9.57. The van der Waals surface area contributed by atoms with Crippen LogP contribution in [0.1, 0.15) is 0 Å². The van der Waals surface area contributed by atoms with Gasteiger partial charge < -0.3 is 4.43 Å². The molecule has 0 saturated carbocycles. The fourth-order valence-electron chi connectivity index (χ4n) is 2.87. The second kappa shape index (κ2) is 7.23. The zero-order valence-corrected chi connectivity index (χ0v) is 13.9. The molecule has 0 bridgehead atoms. The van der Waals surface area contributed by atoms with Crippen LogP contribution in [0.5, 0.6) is 0 Å². The molecule has 0 spiro atoms. The van der Waals surface area contributed by atoms with Crippen molar-refractivity contribution in [2.24, 2.45) is 0 Å². The van der Waals surface area contributed by atoms with Gasteiger partial charge in [-0.2, -0.15) is 0 Å². The molecule has 0 aliphatic rings. The van der Waals surface area contributed by atoms with E-state index in [4.69, 9.17) is 4.43 Å². The van der Waals surface area contributed by atoms with Crippen molar-refractivity contribution < 1.29 is 4.43 Å². The summed E-state index contributed by atoms with van der Waals surface area (Å²) in [6.07, 6.45) is 1.70. The molecule has 0 aliphatic heterocycles. The van der Waals surface area contributed by atoms with Gasteiger partial charge in [-0.15, -0.1) is 6.58 Å². The van der Waals surface area contributed by atoms with E-state index in [0.717, 1.165) is 0 Å². The van der Waals surface area contributed by atoms with Crippen LogP contribution in [0.4, 0.5) is 0 Å². The van der Waals surface area contributed by atoms with Crippen molar-refractivity contribution in [3.05, 3.63) is 110 Å². The minimum Gasteiger partial charge on any atom is -0.395 e. The number of hydrogen-bond acceptors (Lipinski definition) is 1. The molecule has 1 nitrogen and oxygen atoms in total. The Kier molecular flexibility index (Phi) is 4.86. The fourth-order valence-corrected chi connectivity index (χ4v) is 6.57. The lowest BCUT2D eigenvalue weighted by atomic mass is 10.3. The van der Waals surface area contributed by atoms with Crippen molar-refractivity contribution >= 4 is 23.9 Å². The van der Waals surface area contributed by atoms with E-state index in [-0.39, 0.29) is 0 Å². The maximum absolute atomic E-state index is 6.43. The smallest absolute Gasteiger partial charge is 0.288 e. The van der Waals surface area contributed by atoms with Crippen molar-refractivity contribution in [3.8, 4) is 0 Å². The van der Waals surface area contributed by atoms with Gasteiger partial charge in [-0.3, -0.25) is 0 Å². The Morgan fingerprint density at radius 3 is 1.26 bits per heavy atom. The van der Waals surface area contributed by atoms with Crippen molar-refractivity contribution in [1.82, 2.24) is 0 Å². The molecule has 1 radical (unpaired) electrons. The maximum Gasteiger partial charge on any atom is 0.288 e. The average Bonchev–Trinajstić information content (AvgIpc) is 2.65. The second-order valence-corrected chi connectivity index (χ2v) is 8.60. The molecule has 0 aromatic heterocycles. The van der Waals surface area contributed by atoms with Crippen molar-refractivity contribution in [2.45, 2.75) is 0 Å². The second-order valence-electron chi connectivity index (χ2n) is 5.27. The van der Waals surface area contributed by atoms with Crippen LogP contribution in [0.2, 0.25) is 0 Å². The molecule has 0 unspecified atom stereocenters. The van der Waals surface area contributed by atoms with Gasteiger partial charge in [0.2, 0.25) is 0 Å². The maximum atomic E-state index is 6.43. The van der Waals surface area contributed by atoms with Crippen LogP contribution in [-0.4, -0.2) is 8.32 Å². The van der Waals surface area contributed by atoms with Gasteiger partial charge in [0.25, 0.3) is 8.32 Å². The lowest BCUT2D eigenvalue weighted by molar-refractivity contribution is 0.447. The predicted octanol–water partition coefficient (Wildman–Crippen LogP) is 3.02. The Morgan fingerprint density at radius 1 is 0.609 bits per heavy atom. The molecule has 3 aromatic rings. The van der Waals surface area contributed by atoms with E-state index >= 15 is 0 Å². The van der Waals surface area contributed by atoms with E-state index < -0.39 is 8.32 Å². The van der Waals surface area contributed by atoms with Gasteiger partial charge in [-0.05, 0) is 15.6 Å². The summed E-state index contributed by atoms with van der Waals surface area (Å²) in [6.45, 7) is 5.51. The van der Waals surface area contributed by atoms with E-state index in [0.29, 0.717) is 0 Å². The quantitative estimate of drug-likeness (QED) is 0.502. The molecule has 3 rings (SSSR count). The summed E-state index contributed by atoms with van der Waals surface area (Å²) in [7, 11) is -2.57. The summed E-state index contributed by atoms with van der Waals surface area (Å²) in [6, 6.07) is 31.5. The van der Waals surface area contributed by atoms with Gasteiger partial charge in [0.15, 0.2) is 0 Å². The first-order chi connectivity index (χ1) is 11.4. The van der Waals surface area contributed by atoms with Crippen molar-refractivity contribution in [3.63, 3.8) is 0 Å². The summed E-state index contributed by atoms with van der Waals surface area (Å²) in [5.74, 6) is 0. The van der Waals surface area contributed by atoms with Gasteiger partial charge in [0.1, 0.15) is 0 Å². The topological polar surface area (TPSA) is 9.23 Å². The Bertz CT molecular complexity index is 642. The molecular weight excluding hydrogens is 296 g/mol. The number of benzene rings is 3. The van der Waals surface area contributed by atoms with Crippen molar-refractivity contribution in [1.29, 1.82) is 0 Å². The fraction of sp³-hybridized carbons (Fsp3) is 0. The molecule has 0 atom stereocenters. The van der Waals surface area contributed by atoms with Crippen LogP contribution in [0.15, 0.2) is 104 Å². The first kappa shape index (κ1) is 15.5. The van der Waals surface area contributed by atoms with Gasteiger partial charge in [0, 0.05) is 0 Å². The molecule has 0 fully saturated rings. The van der Waals surface area contributed by atoms with Gasteiger partial charge in [-0.25, -0.2) is 0 Å². The van der Waals surface area contributed by atoms with E-state index in [1.165, 1.54) is 15.6 Å². The zero-order valence-electron chi connectivity index (χ0n) is 12.9. The molecule has 0 amide bonds. The number of hydrogen-bond donors (Lipinski definition) is 0. The lowest BCUT2D eigenvalue weighted by Gasteiger charge is -2.32. The molecule has 0 saturated heterocycles. The highest BCUT2D eigenvalue weighted by atomic mass is 28.4. The minimum absolute atomic E-state index is 1.22. The molecule has 23 heavy (non-hydrogen) atoms. The molecule has 2 heteroatoms. The molecule has 113 valence electrons. The third-order valence-electron chi connectivity index (χ3n) is 3.88. The van der Waals surface area contributed by atoms with Gasteiger partial charge in [0.05, 0.1) is 6.61 Å². The molecule has 0 N–H and O–H groups in total. The van der Waals surface area contributed by atoms with Crippen LogP contribution in [0.3, 0.4) is 0 Å². The highest BCUT2D eigenvalue weighted by Gasteiger charge is 2.41. The summed E-state index contributed by atoms with van der Waals surface area (Å²) >= 11 is 0. The molecular formula is C21H19OSi. The standard InChI is InChI=1S/C21H19OSi/c1-2-18-22-23(19-12-6-3-7-13-19,20-14-8-4-9-15-20)21-16-10-5-11-17-21/h2-18H,1H2. The van der Waals surface area contributed by atoms with Crippen molar-refractivity contribution in [2.75, 3.05) is 0 Å². The summed E-state index contributed by atoms with van der Waals surface area (Å²) in [4.78, 5) is 0. The van der Waals surface area contributed by atoms with Crippen LogP contribution < -0.4 is 15.6 Å². The van der Waals surface area contributed by atoms with E-state index in [2.05, 4.69) is 79.4 Å². The minimum atomic E-state index is -2.57. The van der Waals surface area contributed by atoms with Crippen LogP contribution in [0, 0.1) is 6.61 Å². The molecule has 0 aliphatic carbocycles. The first-order valence-electron chi connectivity index (χ1n) is 7.66. The summed E-state index contributed by atoms with van der Waals surface area (Å²) in [5.41, 5.74) is 0. The average molecular weight is 315 g/mol. The van der Waals surface area contributed by atoms with Crippen LogP contribution >= 0.6 is 0 Å². The summed E-state index contributed by atoms with van der Waals surface area (Å²) < 4.78 is 6.43. The highest BCUT2D eigenvalue weighted by molar-refractivity contribution is 7.07. The van der Waals surface area contributed by atoms with Crippen LogP contribution in [-0.2, 0) is 4.43 Å². The SMILES string of the molecule is C=C[CH]O[Si](c1ccccc1)(c1ccccc1)c1ccccc1. The third-order valence-corrected chi connectivity index (χ3v) is 7.81. The van der Waals surface area contributed by atoms with Gasteiger partial charge in [-0.1, -0.05) is 97.1 Å². The Morgan fingerprint density at radius 2 is 0.957 bits per heavy atom. The Labute approximate surface area is 139 Å². The summed E-state index contributed by atoms with van der Waals surface area (Å²) in [5, 5.41) is 3.65. The van der Waals surface area contributed by atoms with E-state index in [1.807, 2.05) is 18.2 Å². The molecule has 0 heterocycles. The predicted molar refractivity (Wildman–Crippen MR) is 99.6 cm³/mol. The van der Waals surface area contributed by atoms with E-state index in [9.17, 15) is 0 Å². The largest absolute Gasteiger partial charge is 0.395 e. The third kappa shape index (κ3) is 3.04. The Balaban J connectivity index is 2.27. The number of rotatable bonds is 6. The van der Waals surface area contributed by atoms with Gasteiger partial charge >= 0.3 is 0 Å². The highest BCUT2D eigenvalue weighted by Crippen LogP contribution is 2.11. The zero-order chi connectivity index (χ0) is 16.0.